The Morgan fingerprint density at radius 2 is 2.08 bits per heavy atom. The number of benzene rings is 2. The number of nitrogens with one attached hydrogen (secondary N) is 1. The Labute approximate surface area is 142 Å². The van der Waals surface area contributed by atoms with Gasteiger partial charge in [0.05, 0.1) is 23.9 Å². The van der Waals surface area contributed by atoms with Gasteiger partial charge < -0.3 is 19.3 Å². The molecule has 0 aromatic heterocycles. The Morgan fingerprint density at radius 1 is 1.33 bits per heavy atom. The maximum Gasteiger partial charge on any atom is 0.275 e. The molecule has 0 saturated heterocycles. The second kappa shape index (κ2) is 6.67. The number of carbonyl (C=O) groups is 1. The molecule has 1 heterocycles. The number of methoxy groups -OCH3 is 1. The number of hydrogen-bond acceptors (Lipinski definition) is 6. The number of hydrazone groups is 1. The third kappa shape index (κ3) is 3.21. The Morgan fingerprint density at radius 3 is 2.79 bits per heavy atom. The molecule has 124 valence electrons. The van der Waals surface area contributed by atoms with E-state index in [2.05, 4.69) is 10.5 Å². The van der Waals surface area contributed by atoms with E-state index in [9.17, 15) is 9.90 Å². The summed E-state index contributed by atoms with van der Waals surface area (Å²) >= 11 is 6.11. The number of phenols is 1. The normalized spacial score (nSPS) is 12.4. The zero-order chi connectivity index (χ0) is 17.1. The molecule has 3 rings (SSSR count). The molecule has 0 radical (unpaired) electrons. The fourth-order valence-electron chi connectivity index (χ4n) is 2.08. The number of rotatable bonds is 4. The number of halogens is 1. The highest BCUT2D eigenvalue weighted by Crippen LogP contribution is 2.36. The van der Waals surface area contributed by atoms with Crippen LogP contribution in [0.1, 0.15) is 15.9 Å². The zero-order valence-corrected chi connectivity index (χ0v) is 13.3. The lowest BCUT2D eigenvalue weighted by atomic mass is 10.2. The second-order valence-corrected chi connectivity index (χ2v) is 5.22. The predicted octanol–water partition coefficient (Wildman–Crippen LogP) is 2.55. The fourth-order valence-corrected chi connectivity index (χ4v) is 2.29. The molecule has 8 heteroatoms. The van der Waals surface area contributed by atoms with Crippen molar-refractivity contribution in [2.45, 2.75) is 0 Å². The summed E-state index contributed by atoms with van der Waals surface area (Å²) < 4.78 is 15.4. The van der Waals surface area contributed by atoms with E-state index in [-0.39, 0.29) is 18.1 Å². The monoisotopic (exact) mass is 348 g/mol. The van der Waals surface area contributed by atoms with Gasteiger partial charge in [-0.15, -0.1) is 0 Å². The number of nitrogens with zero attached hydrogens (tertiary/aromatic N) is 1. The van der Waals surface area contributed by atoms with E-state index in [1.165, 1.54) is 25.5 Å². The van der Waals surface area contributed by atoms with Crippen molar-refractivity contribution in [3.63, 3.8) is 0 Å². The van der Waals surface area contributed by atoms with Gasteiger partial charge in [0.1, 0.15) is 11.5 Å². The Balaban J connectivity index is 1.71. The first-order valence-electron chi connectivity index (χ1n) is 6.88. The van der Waals surface area contributed by atoms with Crippen LogP contribution in [0.3, 0.4) is 0 Å². The Bertz CT molecular complexity index is 822. The Kier molecular flexibility index (Phi) is 4.43. The molecule has 2 aromatic carbocycles. The van der Waals surface area contributed by atoms with Crippen molar-refractivity contribution >= 4 is 23.7 Å². The highest BCUT2D eigenvalue weighted by Gasteiger charge is 2.16. The number of fused-ring (bicyclic) bond motifs is 1. The van der Waals surface area contributed by atoms with Gasteiger partial charge in [-0.3, -0.25) is 4.79 Å². The predicted molar refractivity (Wildman–Crippen MR) is 87.3 cm³/mol. The van der Waals surface area contributed by atoms with Gasteiger partial charge in [-0.2, -0.15) is 5.10 Å². The first kappa shape index (κ1) is 15.9. The van der Waals surface area contributed by atoms with Gasteiger partial charge >= 0.3 is 0 Å². The number of carbonyl (C=O) groups excluding carboxylic acids is 1. The van der Waals surface area contributed by atoms with Crippen molar-refractivity contribution in [1.29, 1.82) is 0 Å². The maximum absolute atomic E-state index is 12.0. The van der Waals surface area contributed by atoms with Gasteiger partial charge in [0.25, 0.3) is 5.91 Å². The van der Waals surface area contributed by atoms with E-state index >= 15 is 0 Å². The minimum atomic E-state index is -0.566. The lowest BCUT2D eigenvalue weighted by Gasteiger charge is -2.05. The molecular formula is C16H13ClN2O5. The molecule has 1 aliphatic heterocycles. The molecule has 1 amide bonds. The SMILES string of the molecule is COc1ccc(C(=O)N/N=C\c2cc3c(cc2Cl)OCO3)c(O)c1. The molecule has 2 N–H and O–H groups in total. The van der Waals surface area contributed by atoms with Crippen LogP contribution < -0.4 is 19.6 Å². The van der Waals surface area contributed by atoms with E-state index in [1.54, 1.807) is 18.2 Å². The zero-order valence-electron chi connectivity index (χ0n) is 12.6. The van der Waals surface area contributed by atoms with Crippen molar-refractivity contribution in [2.75, 3.05) is 13.9 Å². The quantitative estimate of drug-likeness (QED) is 0.654. The van der Waals surface area contributed by atoms with E-state index < -0.39 is 5.91 Å². The van der Waals surface area contributed by atoms with Crippen LogP contribution in [-0.2, 0) is 0 Å². The van der Waals surface area contributed by atoms with E-state index in [0.29, 0.717) is 27.8 Å². The topological polar surface area (TPSA) is 89.4 Å². The van der Waals surface area contributed by atoms with Crippen LogP contribution in [0.15, 0.2) is 35.4 Å². The van der Waals surface area contributed by atoms with Crippen molar-refractivity contribution in [2.24, 2.45) is 5.10 Å². The number of hydrogen-bond donors (Lipinski definition) is 2. The Hall–Kier alpha value is -2.93. The van der Waals surface area contributed by atoms with E-state index in [4.69, 9.17) is 25.8 Å². The van der Waals surface area contributed by atoms with Crippen LogP contribution >= 0.6 is 11.6 Å². The fraction of sp³-hybridized carbons (Fsp3) is 0.125. The second-order valence-electron chi connectivity index (χ2n) is 4.81. The van der Waals surface area contributed by atoms with E-state index in [1.807, 2.05) is 0 Å². The average Bonchev–Trinajstić information content (AvgIpc) is 3.01. The third-order valence-electron chi connectivity index (χ3n) is 3.31. The summed E-state index contributed by atoms with van der Waals surface area (Å²) in [6.07, 6.45) is 1.38. The van der Waals surface area contributed by atoms with Crippen molar-refractivity contribution < 1.29 is 24.1 Å². The van der Waals surface area contributed by atoms with Gasteiger partial charge in [0, 0.05) is 17.7 Å². The maximum atomic E-state index is 12.0. The molecule has 0 aliphatic carbocycles. The summed E-state index contributed by atoms with van der Waals surface area (Å²) in [5.74, 6) is 0.787. The summed E-state index contributed by atoms with van der Waals surface area (Å²) in [7, 11) is 1.47. The van der Waals surface area contributed by atoms with E-state index in [0.717, 1.165) is 0 Å². The highest BCUT2D eigenvalue weighted by molar-refractivity contribution is 6.33. The van der Waals surface area contributed by atoms with Crippen LogP contribution in [0.2, 0.25) is 5.02 Å². The third-order valence-corrected chi connectivity index (χ3v) is 3.64. The number of ether oxygens (including phenoxy) is 3. The summed E-state index contributed by atoms with van der Waals surface area (Å²) in [5, 5.41) is 14.1. The smallest absolute Gasteiger partial charge is 0.275 e. The van der Waals surface area contributed by atoms with Crippen LogP contribution in [0.4, 0.5) is 0 Å². The van der Waals surface area contributed by atoms with Crippen LogP contribution in [-0.4, -0.2) is 31.1 Å². The van der Waals surface area contributed by atoms with Crippen molar-refractivity contribution in [3.05, 3.63) is 46.5 Å². The molecule has 0 bridgehead atoms. The highest BCUT2D eigenvalue weighted by atomic mass is 35.5. The molecule has 24 heavy (non-hydrogen) atoms. The molecular weight excluding hydrogens is 336 g/mol. The molecule has 0 fully saturated rings. The average molecular weight is 349 g/mol. The van der Waals surface area contributed by atoms with Gasteiger partial charge in [-0.25, -0.2) is 5.43 Å². The molecule has 7 nitrogen and oxygen atoms in total. The van der Waals surface area contributed by atoms with Crippen LogP contribution in [0.25, 0.3) is 0 Å². The molecule has 0 atom stereocenters. The summed E-state index contributed by atoms with van der Waals surface area (Å²) in [5.41, 5.74) is 2.95. The first-order valence-corrected chi connectivity index (χ1v) is 7.26. The van der Waals surface area contributed by atoms with Gasteiger partial charge in [0.15, 0.2) is 11.5 Å². The number of phenolic OH excluding ortho intramolecular Hbond substituents is 1. The standard InChI is InChI=1S/C16H13ClN2O5/c1-22-10-2-3-11(13(20)5-10)16(21)19-18-7-9-4-14-15(6-12(9)17)24-8-23-14/h2-7,20H,8H2,1H3,(H,19,21)/b18-7-. The van der Waals surface area contributed by atoms with Crippen molar-refractivity contribution in [3.8, 4) is 23.0 Å². The summed E-state index contributed by atoms with van der Waals surface area (Å²) in [6, 6.07) is 7.61. The van der Waals surface area contributed by atoms with Gasteiger partial charge in [-0.05, 0) is 18.2 Å². The molecule has 0 spiro atoms. The summed E-state index contributed by atoms with van der Waals surface area (Å²) in [4.78, 5) is 12.0. The van der Waals surface area contributed by atoms with Gasteiger partial charge in [0.2, 0.25) is 6.79 Å². The molecule has 1 aliphatic rings. The molecule has 0 saturated carbocycles. The molecule has 2 aromatic rings. The lowest BCUT2D eigenvalue weighted by molar-refractivity contribution is 0.0952. The minimum Gasteiger partial charge on any atom is -0.507 e. The largest absolute Gasteiger partial charge is 0.507 e. The van der Waals surface area contributed by atoms with Crippen LogP contribution in [0, 0.1) is 0 Å². The molecule has 0 unspecified atom stereocenters. The number of amides is 1. The van der Waals surface area contributed by atoms with Gasteiger partial charge in [-0.1, -0.05) is 11.6 Å². The lowest BCUT2D eigenvalue weighted by Crippen LogP contribution is -2.17. The summed E-state index contributed by atoms with van der Waals surface area (Å²) in [6.45, 7) is 0.139. The first-order chi connectivity index (χ1) is 11.6. The van der Waals surface area contributed by atoms with Crippen LogP contribution in [0.5, 0.6) is 23.0 Å². The number of aromatic hydroxyl groups is 1. The van der Waals surface area contributed by atoms with Crippen molar-refractivity contribution in [1.82, 2.24) is 5.43 Å². The minimum absolute atomic E-state index is 0.0738.